The number of benzene rings is 2. The number of carboxylic acid groups (broad SMARTS) is 1. The highest BCUT2D eigenvalue weighted by atomic mass is 16.5. The molecule has 1 saturated heterocycles. The van der Waals surface area contributed by atoms with Crippen molar-refractivity contribution in [2.24, 2.45) is 0 Å². The molecule has 2 aromatic carbocycles. The van der Waals surface area contributed by atoms with Crippen LogP contribution in [0.2, 0.25) is 0 Å². The highest BCUT2D eigenvalue weighted by molar-refractivity contribution is 5.90. The van der Waals surface area contributed by atoms with Crippen molar-refractivity contribution in [3.05, 3.63) is 48.0 Å². The second-order valence-electron chi connectivity index (χ2n) is 6.74. The number of rotatable bonds is 6. The fourth-order valence-corrected chi connectivity index (χ4v) is 3.42. The Hall–Kier alpha value is -2.44. The van der Waals surface area contributed by atoms with Crippen LogP contribution in [0, 0.1) is 0 Å². The van der Waals surface area contributed by atoms with Crippen LogP contribution < -0.4 is 0 Å². The molecular weight excluding hydrogens is 332 g/mol. The van der Waals surface area contributed by atoms with E-state index in [-0.39, 0.29) is 18.6 Å². The summed E-state index contributed by atoms with van der Waals surface area (Å²) in [6.45, 7) is 2.00. The summed E-state index contributed by atoms with van der Waals surface area (Å²) in [6.07, 6.45) is 0.198. The first kappa shape index (κ1) is 18.4. The third-order valence-electron chi connectivity index (χ3n) is 4.63. The Morgan fingerprint density at radius 3 is 2.81 bits per heavy atom. The smallest absolute Gasteiger partial charge is 0.317 e. The maximum Gasteiger partial charge on any atom is 0.317 e. The summed E-state index contributed by atoms with van der Waals surface area (Å²) in [5, 5.41) is 11.1. The van der Waals surface area contributed by atoms with Crippen molar-refractivity contribution in [2.45, 2.75) is 12.5 Å². The molecule has 0 bridgehead atoms. The molecule has 1 aliphatic rings. The average Bonchev–Trinajstić information content (AvgIpc) is 2.61. The Bertz CT molecular complexity index is 787. The number of hydrogen-bond acceptors (Lipinski definition) is 4. The summed E-state index contributed by atoms with van der Waals surface area (Å²) in [5.74, 6) is -0.789. The van der Waals surface area contributed by atoms with E-state index < -0.39 is 5.97 Å². The molecule has 6 nitrogen and oxygen atoms in total. The van der Waals surface area contributed by atoms with E-state index in [9.17, 15) is 9.59 Å². The number of aliphatic carboxylic acids is 1. The second-order valence-corrected chi connectivity index (χ2v) is 6.74. The normalized spacial score (nSPS) is 17.6. The molecule has 1 amide bonds. The highest BCUT2D eigenvalue weighted by Crippen LogP contribution is 2.20. The topological polar surface area (TPSA) is 70.1 Å². The number of nitrogens with zero attached hydrogens (tertiary/aromatic N) is 2. The first-order valence-corrected chi connectivity index (χ1v) is 8.79. The van der Waals surface area contributed by atoms with Crippen LogP contribution in [0.25, 0.3) is 10.8 Å². The molecule has 0 radical (unpaired) electrons. The fourth-order valence-electron chi connectivity index (χ4n) is 3.42. The molecule has 1 N–H and O–H groups in total. The zero-order chi connectivity index (χ0) is 18.5. The molecule has 26 heavy (non-hydrogen) atoms. The molecule has 138 valence electrons. The van der Waals surface area contributed by atoms with Gasteiger partial charge in [0, 0.05) is 19.6 Å². The minimum absolute atomic E-state index is 0.0379. The average molecular weight is 356 g/mol. The predicted octanol–water partition coefficient (Wildman–Crippen LogP) is 1.63. The zero-order valence-electron chi connectivity index (χ0n) is 14.9. The van der Waals surface area contributed by atoms with Crippen LogP contribution in [-0.4, -0.2) is 72.7 Å². The van der Waals surface area contributed by atoms with Crippen LogP contribution in [0.15, 0.2) is 42.5 Å². The predicted molar refractivity (Wildman–Crippen MR) is 99.1 cm³/mol. The maximum atomic E-state index is 12.8. The van der Waals surface area contributed by atoms with E-state index in [1.165, 1.54) is 0 Å². The van der Waals surface area contributed by atoms with Crippen molar-refractivity contribution >= 4 is 22.6 Å². The van der Waals surface area contributed by atoms with E-state index in [1.807, 2.05) is 47.4 Å². The van der Waals surface area contributed by atoms with E-state index in [1.54, 1.807) is 11.9 Å². The Labute approximate surface area is 153 Å². The Morgan fingerprint density at radius 1 is 1.23 bits per heavy atom. The first-order valence-electron chi connectivity index (χ1n) is 8.79. The van der Waals surface area contributed by atoms with E-state index in [0.29, 0.717) is 32.7 Å². The number of amides is 1. The molecular formula is C20H24N2O4. The Balaban J connectivity index is 1.63. The number of carbonyl (C=O) groups excluding carboxylic acids is 1. The summed E-state index contributed by atoms with van der Waals surface area (Å²) in [6, 6.07) is 14.1. The summed E-state index contributed by atoms with van der Waals surface area (Å²) in [4.78, 5) is 27.1. The van der Waals surface area contributed by atoms with Crippen LogP contribution >= 0.6 is 0 Å². The quantitative estimate of drug-likeness (QED) is 0.852. The summed E-state index contributed by atoms with van der Waals surface area (Å²) in [5.41, 5.74) is 1.03. The monoisotopic (exact) mass is 356 g/mol. The van der Waals surface area contributed by atoms with E-state index >= 15 is 0 Å². The lowest BCUT2D eigenvalue weighted by molar-refractivity contribution is -0.142. The molecule has 1 heterocycles. The van der Waals surface area contributed by atoms with Gasteiger partial charge in [-0.1, -0.05) is 42.5 Å². The Morgan fingerprint density at radius 2 is 2.00 bits per heavy atom. The zero-order valence-corrected chi connectivity index (χ0v) is 14.9. The Kier molecular flexibility index (Phi) is 5.85. The van der Waals surface area contributed by atoms with Gasteiger partial charge in [0.1, 0.15) is 0 Å². The van der Waals surface area contributed by atoms with Crippen LogP contribution in [0.1, 0.15) is 5.56 Å². The van der Waals surface area contributed by atoms with Gasteiger partial charge in [-0.05, 0) is 23.4 Å². The first-order chi connectivity index (χ1) is 12.5. The van der Waals surface area contributed by atoms with Crippen molar-refractivity contribution in [3.8, 4) is 0 Å². The van der Waals surface area contributed by atoms with Gasteiger partial charge in [0.25, 0.3) is 0 Å². The summed E-state index contributed by atoms with van der Waals surface area (Å²) in [7, 11) is 1.74. The van der Waals surface area contributed by atoms with Crippen LogP contribution in [0.5, 0.6) is 0 Å². The van der Waals surface area contributed by atoms with Crippen molar-refractivity contribution in [1.82, 2.24) is 9.80 Å². The second kappa shape index (κ2) is 8.29. The number of fused-ring (bicyclic) bond motifs is 1. The van der Waals surface area contributed by atoms with Gasteiger partial charge >= 0.3 is 5.97 Å². The van der Waals surface area contributed by atoms with Gasteiger partial charge in [0.2, 0.25) is 5.91 Å². The van der Waals surface area contributed by atoms with Gasteiger partial charge in [-0.15, -0.1) is 0 Å². The van der Waals surface area contributed by atoms with Crippen molar-refractivity contribution in [2.75, 3.05) is 39.8 Å². The van der Waals surface area contributed by atoms with Crippen molar-refractivity contribution in [1.29, 1.82) is 0 Å². The number of likely N-dealkylation sites (N-methyl/N-ethyl adjacent to an activating group) is 1. The van der Waals surface area contributed by atoms with Crippen molar-refractivity contribution < 1.29 is 19.4 Å². The lowest BCUT2D eigenvalue weighted by Gasteiger charge is -2.34. The molecule has 1 atom stereocenters. The van der Waals surface area contributed by atoms with Gasteiger partial charge in [-0.3, -0.25) is 14.5 Å². The van der Waals surface area contributed by atoms with Gasteiger partial charge in [0.05, 0.1) is 25.7 Å². The number of hydrogen-bond donors (Lipinski definition) is 1. The van der Waals surface area contributed by atoms with E-state index in [2.05, 4.69) is 0 Å². The third kappa shape index (κ3) is 4.59. The minimum Gasteiger partial charge on any atom is -0.480 e. The number of ether oxygens (including phenoxy) is 1. The largest absolute Gasteiger partial charge is 0.480 e. The molecule has 0 spiro atoms. The molecule has 1 fully saturated rings. The molecule has 1 aliphatic heterocycles. The van der Waals surface area contributed by atoms with E-state index in [4.69, 9.17) is 9.84 Å². The summed E-state index contributed by atoms with van der Waals surface area (Å²) < 4.78 is 5.70. The maximum absolute atomic E-state index is 12.8. The minimum atomic E-state index is -0.868. The van der Waals surface area contributed by atoms with Gasteiger partial charge < -0.3 is 14.7 Å². The third-order valence-corrected chi connectivity index (χ3v) is 4.63. The van der Waals surface area contributed by atoms with Gasteiger partial charge in [0.15, 0.2) is 0 Å². The van der Waals surface area contributed by atoms with Gasteiger partial charge in [-0.2, -0.15) is 0 Å². The molecule has 6 heteroatoms. The number of carbonyl (C=O) groups is 2. The van der Waals surface area contributed by atoms with Crippen LogP contribution in [0.3, 0.4) is 0 Å². The molecule has 3 rings (SSSR count). The van der Waals surface area contributed by atoms with Crippen LogP contribution in [0.4, 0.5) is 0 Å². The van der Waals surface area contributed by atoms with Gasteiger partial charge in [-0.25, -0.2) is 0 Å². The van der Waals surface area contributed by atoms with E-state index in [0.717, 1.165) is 16.3 Å². The van der Waals surface area contributed by atoms with Crippen LogP contribution in [-0.2, 0) is 20.7 Å². The molecule has 0 aromatic heterocycles. The van der Waals surface area contributed by atoms with Crippen molar-refractivity contribution in [3.63, 3.8) is 0 Å². The summed E-state index contributed by atoms with van der Waals surface area (Å²) >= 11 is 0. The SMILES string of the molecule is CN(CC(=O)O)CC1CN(C(=O)Cc2cccc3ccccc23)CCO1. The molecule has 0 aliphatic carbocycles. The lowest BCUT2D eigenvalue weighted by Crippen LogP contribution is -2.50. The standard InChI is InChI=1S/C20H24N2O4/c1-21(14-20(24)25)12-17-13-22(9-10-26-17)19(23)11-16-7-4-6-15-5-2-3-8-18(15)16/h2-8,17H,9-14H2,1H3,(H,24,25). The molecule has 0 saturated carbocycles. The highest BCUT2D eigenvalue weighted by Gasteiger charge is 2.25. The number of morpholine rings is 1. The molecule has 1 unspecified atom stereocenters. The lowest BCUT2D eigenvalue weighted by atomic mass is 10.0. The fraction of sp³-hybridized carbons (Fsp3) is 0.400. The molecule has 2 aromatic rings. The number of carboxylic acids is 1.